The zero-order valence-electron chi connectivity index (χ0n) is 28.7. The van der Waals surface area contributed by atoms with E-state index >= 15 is 0 Å². The summed E-state index contributed by atoms with van der Waals surface area (Å²) in [5.41, 5.74) is 3.01. The molecule has 47 heavy (non-hydrogen) atoms. The van der Waals surface area contributed by atoms with Crippen LogP contribution in [-0.4, -0.2) is 101 Å². The number of sulfonamides is 1. The topological polar surface area (TPSA) is 84.5 Å². The quantitative estimate of drug-likeness (QED) is 0.367. The lowest BCUT2D eigenvalue weighted by atomic mass is 9.89. The number of halogens is 1. The van der Waals surface area contributed by atoms with Crippen LogP contribution in [0.4, 0.5) is 5.69 Å². The minimum atomic E-state index is -3.83. The summed E-state index contributed by atoms with van der Waals surface area (Å²) in [6.45, 7) is 8.26. The van der Waals surface area contributed by atoms with E-state index in [9.17, 15) is 16.8 Å². The summed E-state index contributed by atoms with van der Waals surface area (Å²) in [5.74, 6) is 0.418. The van der Waals surface area contributed by atoms with Crippen LogP contribution < -0.4 is 4.90 Å². The van der Waals surface area contributed by atoms with Crippen molar-refractivity contribution in [3.8, 4) is 0 Å². The molecule has 1 saturated carbocycles. The number of nitrogens with zero attached hydrogens (tertiary/aromatic N) is 5. The van der Waals surface area contributed by atoms with E-state index < -0.39 is 26.3 Å². The minimum absolute atomic E-state index is 0.228. The molecule has 0 spiro atoms. The minimum Gasteiger partial charge on any atom is -0.378 e. The Labute approximate surface area is 289 Å². The van der Waals surface area contributed by atoms with Crippen LogP contribution >= 0.6 is 11.6 Å². The number of hydrogen-bond donors (Lipinski definition) is 0. The van der Waals surface area contributed by atoms with Gasteiger partial charge in [0, 0.05) is 70.1 Å². The maximum atomic E-state index is 14.5. The Morgan fingerprint density at radius 1 is 0.787 bits per heavy atom. The molecule has 1 aliphatic carbocycles. The highest BCUT2D eigenvalue weighted by Gasteiger charge is 2.38. The highest BCUT2D eigenvalue weighted by atomic mass is 35.5. The third kappa shape index (κ3) is 8.90. The number of hydrogen-bond acceptors (Lipinski definition) is 6. The summed E-state index contributed by atoms with van der Waals surface area (Å²) >= 11 is 6.23. The van der Waals surface area contributed by atoms with Crippen molar-refractivity contribution in [2.75, 3.05) is 64.8 Å². The molecule has 2 aromatic rings. The van der Waals surface area contributed by atoms with Gasteiger partial charge in [0.05, 0.1) is 4.90 Å². The second-order valence-electron chi connectivity index (χ2n) is 14.1. The van der Waals surface area contributed by atoms with E-state index in [1.807, 2.05) is 63.2 Å². The van der Waals surface area contributed by atoms with Crippen molar-refractivity contribution < 1.29 is 16.8 Å². The van der Waals surface area contributed by atoms with E-state index in [-0.39, 0.29) is 17.4 Å². The van der Waals surface area contributed by atoms with Crippen molar-refractivity contribution in [2.24, 2.45) is 11.8 Å². The Bertz CT molecular complexity index is 1550. The molecule has 2 fully saturated rings. The Hall–Kier alpha value is -1.73. The van der Waals surface area contributed by atoms with Gasteiger partial charge in [-0.3, -0.25) is 0 Å². The first-order valence-corrected chi connectivity index (χ1v) is 20.6. The number of benzene rings is 2. The fraction of sp³-hybridized carbons (Fsp3) is 0.657. The van der Waals surface area contributed by atoms with Gasteiger partial charge >= 0.3 is 0 Å². The molecule has 262 valence electrons. The molecular weight excluding hydrogens is 654 g/mol. The zero-order chi connectivity index (χ0) is 33.8. The van der Waals surface area contributed by atoms with E-state index in [2.05, 4.69) is 4.90 Å². The van der Waals surface area contributed by atoms with Gasteiger partial charge in [-0.05, 0) is 111 Å². The first-order chi connectivity index (χ1) is 22.4. The SMILES string of the molecule is C[C@@H]1[C@@H](C)CN(S(=O)(=O)c2ccc(N(C)C)cc2)CCCN(CC2CCCCC2)CCCN1S(=O)(=O)N1CCc2cc(Cl)ccc2C1. The average molecular weight is 708 g/mol. The van der Waals surface area contributed by atoms with Gasteiger partial charge in [0.25, 0.3) is 10.2 Å². The molecule has 0 N–H and O–H groups in total. The fourth-order valence-corrected chi connectivity index (χ4v) is 11.1. The van der Waals surface area contributed by atoms with Crippen LogP contribution in [0.1, 0.15) is 69.9 Å². The van der Waals surface area contributed by atoms with Crippen LogP contribution in [-0.2, 0) is 33.2 Å². The van der Waals surface area contributed by atoms with E-state index in [1.165, 1.54) is 32.1 Å². The van der Waals surface area contributed by atoms with E-state index in [0.717, 1.165) is 49.3 Å². The van der Waals surface area contributed by atoms with E-state index in [0.29, 0.717) is 43.5 Å². The summed E-state index contributed by atoms with van der Waals surface area (Å²) in [7, 11) is -3.77. The lowest BCUT2D eigenvalue weighted by Crippen LogP contribution is -2.53. The fourth-order valence-electron chi connectivity index (χ4n) is 7.45. The molecule has 2 heterocycles. The molecule has 12 heteroatoms. The Kier molecular flexibility index (Phi) is 12.3. The second kappa shape index (κ2) is 15.9. The number of fused-ring (bicyclic) bond motifs is 1. The first-order valence-electron chi connectivity index (χ1n) is 17.4. The van der Waals surface area contributed by atoms with Crippen molar-refractivity contribution in [3.63, 3.8) is 0 Å². The smallest absolute Gasteiger partial charge is 0.282 e. The monoisotopic (exact) mass is 707 g/mol. The number of anilines is 1. The lowest BCUT2D eigenvalue weighted by molar-refractivity contribution is 0.164. The molecule has 9 nitrogen and oxygen atoms in total. The summed E-state index contributed by atoms with van der Waals surface area (Å²) in [6, 6.07) is 12.3. The van der Waals surface area contributed by atoms with Crippen LogP contribution in [0.5, 0.6) is 0 Å². The highest BCUT2D eigenvalue weighted by Crippen LogP contribution is 2.30. The van der Waals surface area contributed by atoms with Gasteiger partial charge in [-0.15, -0.1) is 0 Å². The molecular formula is C35H54ClN5O4S2. The molecule has 0 bridgehead atoms. The van der Waals surface area contributed by atoms with Gasteiger partial charge in [-0.1, -0.05) is 43.9 Å². The van der Waals surface area contributed by atoms with Crippen LogP contribution in [0.25, 0.3) is 0 Å². The van der Waals surface area contributed by atoms with Crippen molar-refractivity contribution in [3.05, 3.63) is 58.6 Å². The van der Waals surface area contributed by atoms with Gasteiger partial charge < -0.3 is 9.80 Å². The van der Waals surface area contributed by atoms with Gasteiger partial charge in [-0.2, -0.15) is 21.3 Å². The normalized spacial score (nSPS) is 24.3. The van der Waals surface area contributed by atoms with Crippen molar-refractivity contribution in [2.45, 2.75) is 82.7 Å². The maximum Gasteiger partial charge on any atom is 0.282 e. The van der Waals surface area contributed by atoms with Crippen molar-refractivity contribution in [1.82, 2.24) is 17.8 Å². The third-order valence-electron chi connectivity index (χ3n) is 10.5. The van der Waals surface area contributed by atoms with Crippen LogP contribution in [0.3, 0.4) is 0 Å². The Morgan fingerprint density at radius 2 is 1.47 bits per heavy atom. The third-order valence-corrected chi connectivity index (χ3v) is 14.7. The first kappa shape index (κ1) is 36.5. The largest absolute Gasteiger partial charge is 0.378 e. The zero-order valence-corrected chi connectivity index (χ0v) is 31.0. The van der Waals surface area contributed by atoms with Crippen LogP contribution in [0.15, 0.2) is 47.4 Å². The van der Waals surface area contributed by atoms with E-state index in [4.69, 9.17) is 11.6 Å². The lowest BCUT2D eigenvalue weighted by Gasteiger charge is -2.40. The second-order valence-corrected chi connectivity index (χ2v) is 18.4. The van der Waals surface area contributed by atoms with E-state index in [1.54, 1.807) is 25.0 Å². The molecule has 2 aromatic carbocycles. The standard InChI is InChI=1S/C35H54ClN5O4S2/c1-28-25-39(46(42,43)35-16-14-34(15-17-35)37(3)4)21-8-19-38(26-30-10-6-5-7-11-30)20-9-22-41(29(28)2)47(44,45)40-23-18-31-24-33(36)13-12-32(31)27-40/h12-17,24,28-30H,5-11,18-23,25-27H2,1-4H3/t28-,29+/m0/s1. The summed E-state index contributed by atoms with van der Waals surface area (Å²) in [5, 5.41) is 0.663. The Balaban J connectivity index is 1.42. The predicted molar refractivity (Wildman–Crippen MR) is 192 cm³/mol. The summed E-state index contributed by atoms with van der Waals surface area (Å²) in [6.07, 6.45) is 8.39. The van der Waals surface area contributed by atoms with Crippen molar-refractivity contribution in [1.29, 1.82) is 0 Å². The average Bonchev–Trinajstić information content (AvgIpc) is 3.05. The maximum absolute atomic E-state index is 14.5. The van der Waals surface area contributed by atoms with Gasteiger partial charge in [0.1, 0.15) is 0 Å². The molecule has 5 rings (SSSR count). The molecule has 2 atom stereocenters. The highest BCUT2D eigenvalue weighted by molar-refractivity contribution is 7.89. The predicted octanol–water partition coefficient (Wildman–Crippen LogP) is 5.70. The molecule has 0 radical (unpaired) electrons. The molecule has 0 amide bonds. The Morgan fingerprint density at radius 3 is 2.15 bits per heavy atom. The molecule has 0 unspecified atom stereocenters. The molecule has 3 aliphatic rings. The van der Waals surface area contributed by atoms with Gasteiger partial charge in [0.15, 0.2) is 0 Å². The van der Waals surface area contributed by atoms with Crippen LogP contribution in [0.2, 0.25) is 5.02 Å². The summed E-state index contributed by atoms with van der Waals surface area (Å²) in [4.78, 5) is 4.68. The van der Waals surface area contributed by atoms with Gasteiger partial charge in [0.2, 0.25) is 10.0 Å². The summed E-state index contributed by atoms with van der Waals surface area (Å²) < 4.78 is 62.1. The van der Waals surface area contributed by atoms with Crippen LogP contribution in [0, 0.1) is 11.8 Å². The van der Waals surface area contributed by atoms with Gasteiger partial charge in [-0.25, -0.2) is 8.42 Å². The molecule has 2 aliphatic heterocycles. The molecule has 1 saturated heterocycles. The van der Waals surface area contributed by atoms with Crippen molar-refractivity contribution >= 4 is 37.5 Å². The molecule has 0 aromatic heterocycles. The number of rotatable bonds is 7.